The fourth-order valence-corrected chi connectivity index (χ4v) is 6.61. The van der Waals surface area contributed by atoms with Gasteiger partial charge in [-0.1, -0.05) is 40.0 Å². The van der Waals surface area contributed by atoms with Gasteiger partial charge in [0.25, 0.3) is 5.91 Å². The number of ether oxygens (including phenoxy) is 1. The van der Waals surface area contributed by atoms with E-state index < -0.39 is 6.04 Å². The molecule has 4 heterocycles. The third-order valence-corrected chi connectivity index (χ3v) is 8.92. The van der Waals surface area contributed by atoms with E-state index in [-0.39, 0.29) is 17.9 Å². The van der Waals surface area contributed by atoms with Gasteiger partial charge in [0.2, 0.25) is 5.91 Å². The number of hydrogen-bond donors (Lipinski definition) is 0. The summed E-state index contributed by atoms with van der Waals surface area (Å²) in [6.45, 7) is 1.72. The Bertz CT molecular complexity index is 1620. The third kappa shape index (κ3) is 4.60. The zero-order valence-corrected chi connectivity index (χ0v) is 24.2. The normalized spacial score (nSPS) is 18.2. The molecule has 40 heavy (non-hydrogen) atoms. The van der Waals surface area contributed by atoms with E-state index in [0.29, 0.717) is 71.1 Å². The summed E-state index contributed by atoms with van der Waals surface area (Å²) < 4.78 is 8.65. The van der Waals surface area contributed by atoms with E-state index in [1.807, 2.05) is 41.1 Å². The second kappa shape index (κ2) is 10.6. The van der Waals surface area contributed by atoms with Crippen LogP contribution in [0.3, 0.4) is 0 Å². The van der Waals surface area contributed by atoms with Gasteiger partial charge >= 0.3 is 0 Å². The average Bonchev–Trinajstić information content (AvgIpc) is 3.65. The van der Waals surface area contributed by atoms with Crippen LogP contribution in [0.2, 0.25) is 15.1 Å². The quantitative estimate of drug-likeness (QED) is 0.302. The maximum atomic E-state index is 13.5. The predicted octanol–water partition coefficient (Wildman–Crippen LogP) is 5.48. The van der Waals surface area contributed by atoms with Gasteiger partial charge in [-0.3, -0.25) is 9.59 Å². The maximum Gasteiger partial charge on any atom is 0.272 e. The molecule has 0 aliphatic carbocycles. The minimum atomic E-state index is -0.417. The van der Waals surface area contributed by atoms with Gasteiger partial charge in [-0.15, -0.1) is 5.10 Å². The molecule has 208 valence electrons. The van der Waals surface area contributed by atoms with Crippen LogP contribution in [0.4, 0.5) is 0 Å². The minimum absolute atomic E-state index is 0.0238. The van der Waals surface area contributed by atoms with Gasteiger partial charge in [0, 0.05) is 48.7 Å². The zero-order chi connectivity index (χ0) is 28.1. The number of nitrogens with zero attached hydrogens (tertiary/aromatic N) is 6. The Hall–Kier alpha value is -3.27. The standard InChI is InChI=1S/C28H27Cl3N6O3/c1-34-24-13-16(29)3-5-20(24)25(31)26(34)28(39)35-10-7-17(8-11-35)36-12-9-23(27(36)38)37-15-22(32-33-37)19-6-4-18(40-2)14-21(19)30/h3-6,13-15,17,23H,7-12H2,1-2H3. The lowest BCUT2D eigenvalue weighted by Gasteiger charge is -2.36. The lowest BCUT2D eigenvalue weighted by atomic mass is 10.0. The van der Waals surface area contributed by atoms with Gasteiger partial charge in [-0.2, -0.15) is 0 Å². The number of carbonyl (C=O) groups is 2. The third-order valence-electron chi connectivity index (χ3n) is 7.99. The number of halogens is 3. The van der Waals surface area contributed by atoms with Crippen molar-refractivity contribution in [3.05, 3.63) is 63.4 Å². The molecule has 4 aromatic rings. The number of rotatable bonds is 5. The SMILES string of the molecule is COc1ccc(-c2cn(C3CCN(C4CCN(C(=O)c5c(Cl)c6ccc(Cl)cc6n5C)CC4)C3=O)nn2)c(Cl)c1. The van der Waals surface area contributed by atoms with Crippen molar-refractivity contribution in [2.45, 2.75) is 31.3 Å². The Morgan fingerprint density at radius 1 is 1.02 bits per heavy atom. The molecule has 2 fully saturated rings. The molecule has 0 N–H and O–H groups in total. The molecule has 6 rings (SSSR count). The Morgan fingerprint density at radius 3 is 2.52 bits per heavy atom. The fraction of sp³-hybridized carbons (Fsp3) is 0.357. The van der Waals surface area contributed by atoms with E-state index in [1.165, 1.54) is 0 Å². The average molecular weight is 602 g/mol. The van der Waals surface area contributed by atoms with Crippen molar-refractivity contribution >= 4 is 57.5 Å². The van der Waals surface area contributed by atoms with E-state index in [1.54, 1.807) is 34.7 Å². The molecule has 0 radical (unpaired) electrons. The number of aryl methyl sites for hydroxylation is 1. The summed E-state index contributed by atoms with van der Waals surface area (Å²) in [5, 5.41) is 10.8. The summed E-state index contributed by atoms with van der Waals surface area (Å²) in [4.78, 5) is 30.7. The van der Waals surface area contributed by atoms with Crippen LogP contribution in [0.5, 0.6) is 5.75 Å². The van der Waals surface area contributed by atoms with E-state index in [2.05, 4.69) is 10.3 Å². The molecule has 0 bridgehead atoms. The first-order valence-electron chi connectivity index (χ1n) is 13.1. The Balaban J connectivity index is 1.12. The van der Waals surface area contributed by atoms with E-state index >= 15 is 0 Å². The van der Waals surface area contributed by atoms with Crippen molar-refractivity contribution in [3.63, 3.8) is 0 Å². The van der Waals surface area contributed by atoms with Crippen LogP contribution in [-0.2, 0) is 11.8 Å². The molecule has 1 atom stereocenters. The largest absolute Gasteiger partial charge is 0.497 e. The molecule has 2 aromatic carbocycles. The van der Waals surface area contributed by atoms with Gasteiger partial charge < -0.3 is 19.1 Å². The molecule has 0 saturated carbocycles. The molecular formula is C28H27Cl3N6O3. The van der Waals surface area contributed by atoms with Crippen LogP contribution in [0.1, 0.15) is 35.8 Å². The summed E-state index contributed by atoms with van der Waals surface area (Å²) in [5.74, 6) is 0.562. The number of amides is 2. The lowest BCUT2D eigenvalue weighted by molar-refractivity contribution is -0.133. The van der Waals surface area contributed by atoms with Gasteiger partial charge in [0.15, 0.2) is 0 Å². The van der Waals surface area contributed by atoms with Crippen molar-refractivity contribution in [1.82, 2.24) is 29.4 Å². The van der Waals surface area contributed by atoms with E-state index in [0.717, 1.165) is 16.5 Å². The first-order valence-corrected chi connectivity index (χ1v) is 14.2. The molecule has 2 amide bonds. The van der Waals surface area contributed by atoms with Gasteiger partial charge in [-0.05, 0) is 55.7 Å². The summed E-state index contributed by atoms with van der Waals surface area (Å²) in [7, 11) is 3.41. The van der Waals surface area contributed by atoms with Crippen molar-refractivity contribution in [2.75, 3.05) is 26.7 Å². The van der Waals surface area contributed by atoms with Crippen LogP contribution in [-0.4, -0.2) is 74.0 Å². The highest BCUT2D eigenvalue weighted by Gasteiger charge is 2.39. The molecular weight excluding hydrogens is 575 g/mol. The van der Waals surface area contributed by atoms with Crippen molar-refractivity contribution in [2.24, 2.45) is 7.05 Å². The highest BCUT2D eigenvalue weighted by Crippen LogP contribution is 2.35. The van der Waals surface area contributed by atoms with Crippen molar-refractivity contribution in [1.29, 1.82) is 0 Å². The van der Waals surface area contributed by atoms with Gasteiger partial charge in [0.1, 0.15) is 23.2 Å². The first-order chi connectivity index (χ1) is 19.3. The van der Waals surface area contributed by atoms with Gasteiger partial charge in [0.05, 0.1) is 28.9 Å². The lowest BCUT2D eigenvalue weighted by Crippen LogP contribution is -2.48. The number of likely N-dealkylation sites (tertiary alicyclic amines) is 2. The second-order valence-electron chi connectivity index (χ2n) is 10.2. The van der Waals surface area contributed by atoms with Crippen molar-refractivity contribution in [3.8, 4) is 17.0 Å². The molecule has 2 saturated heterocycles. The van der Waals surface area contributed by atoms with Crippen LogP contribution >= 0.6 is 34.8 Å². The molecule has 1 unspecified atom stereocenters. The smallest absolute Gasteiger partial charge is 0.272 e. The molecule has 0 spiro atoms. The Morgan fingerprint density at radius 2 is 1.80 bits per heavy atom. The van der Waals surface area contributed by atoms with Gasteiger partial charge in [-0.25, -0.2) is 4.68 Å². The Kier molecular flexibility index (Phi) is 7.14. The van der Waals surface area contributed by atoms with E-state index in [9.17, 15) is 9.59 Å². The highest BCUT2D eigenvalue weighted by atomic mass is 35.5. The van der Waals surface area contributed by atoms with E-state index in [4.69, 9.17) is 39.5 Å². The van der Waals surface area contributed by atoms with Crippen molar-refractivity contribution < 1.29 is 14.3 Å². The zero-order valence-electron chi connectivity index (χ0n) is 22.0. The molecule has 9 nitrogen and oxygen atoms in total. The molecule has 2 aliphatic rings. The monoisotopic (exact) mass is 600 g/mol. The number of aromatic nitrogens is 4. The Labute approximate surface area is 246 Å². The number of benzene rings is 2. The number of hydrogen-bond acceptors (Lipinski definition) is 5. The van der Waals surface area contributed by atoms with Crippen LogP contribution in [0, 0.1) is 0 Å². The first kappa shape index (κ1) is 26.9. The van der Waals surface area contributed by atoms with Crippen LogP contribution in [0.15, 0.2) is 42.6 Å². The molecule has 2 aliphatic heterocycles. The number of piperidine rings is 1. The topological polar surface area (TPSA) is 85.5 Å². The van der Waals surface area contributed by atoms with Crippen LogP contribution in [0.25, 0.3) is 22.2 Å². The minimum Gasteiger partial charge on any atom is -0.497 e. The summed E-state index contributed by atoms with van der Waals surface area (Å²) in [6, 6.07) is 10.4. The number of fused-ring (bicyclic) bond motifs is 1. The fourth-order valence-electron chi connectivity index (χ4n) is 5.81. The molecule has 2 aromatic heterocycles. The number of carbonyl (C=O) groups excluding carboxylic acids is 2. The summed E-state index contributed by atoms with van der Waals surface area (Å²) in [5.41, 5.74) is 2.59. The highest BCUT2D eigenvalue weighted by molar-refractivity contribution is 6.39. The second-order valence-corrected chi connectivity index (χ2v) is 11.4. The molecule has 12 heteroatoms. The maximum absolute atomic E-state index is 13.5. The van der Waals surface area contributed by atoms with Crippen LogP contribution < -0.4 is 4.74 Å². The summed E-state index contributed by atoms with van der Waals surface area (Å²) >= 11 is 19.2. The predicted molar refractivity (Wildman–Crippen MR) is 154 cm³/mol. The number of methoxy groups -OCH3 is 1. The summed E-state index contributed by atoms with van der Waals surface area (Å²) in [6.07, 6.45) is 3.80.